The number of hydrogen-bond acceptors (Lipinski definition) is 2. The molecule has 0 spiro atoms. The van der Waals surface area contributed by atoms with Crippen molar-refractivity contribution in [2.75, 3.05) is 13.1 Å². The van der Waals surface area contributed by atoms with Gasteiger partial charge in [0.25, 0.3) is 5.91 Å². The first-order valence-corrected chi connectivity index (χ1v) is 5.59. The van der Waals surface area contributed by atoms with Crippen molar-refractivity contribution in [3.05, 3.63) is 29.6 Å². The average Bonchev–Trinajstić information content (AvgIpc) is 2.26. The maximum Gasteiger partial charge on any atom is 0.406 e. The van der Waals surface area contributed by atoms with Gasteiger partial charge in [-0.2, -0.15) is 13.2 Å². The van der Waals surface area contributed by atoms with Crippen LogP contribution < -0.4 is 0 Å². The molecule has 0 aliphatic rings. The van der Waals surface area contributed by atoms with Crippen LogP contribution in [0.15, 0.2) is 18.2 Å². The number of alkyl halides is 3. The van der Waals surface area contributed by atoms with Gasteiger partial charge in [0.1, 0.15) is 23.7 Å². The summed E-state index contributed by atoms with van der Waals surface area (Å²) in [5, 5.41) is 9.41. The monoisotopic (exact) mass is 279 g/mol. The van der Waals surface area contributed by atoms with Crippen molar-refractivity contribution in [3.8, 4) is 5.75 Å². The molecule has 19 heavy (non-hydrogen) atoms. The highest BCUT2D eigenvalue weighted by molar-refractivity contribution is 5.97. The largest absolute Gasteiger partial charge is 0.507 e. The molecule has 0 aliphatic carbocycles. The molecule has 0 aromatic heterocycles. The summed E-state index contributed by atoms with van der Waals surface area (Å²) in [6.45, 7) is -0.0581. The van der Waals surface area contributed by atoms with Gasteiger partial charge in [-0.1, -0.05) is 13.0 Å². The number of hydrogen-bond donors (Lipinski definition) is 1. The van der Waals surface area contributed by atoms with Gasteiger partial charge in [-0.15, -0.1) is 0 Å². The number of aromatic hydroxyl groups is 1. The van der Waals surface area contributed by atoms with Crippen LogP contribution in [0.4, 0.5) is 17.6 Å². The molecule has 1 aromatic carbocycles. The van der Waals surface area contributed by atoms with Crippen LogP contribution in [0.1, 0.15) is 23.7 Å². The number of carbonyl (C=O) groups is 1. The normalized spacial score (nSPS) is 11.4. The molecule has 3 nitrogen and oxygen atoms in total. The molecule has 0 radical (unpaired) electrons. The number of phenolic OH excluding ortho intramolecular Hbond substituents is 1. The molecule has 0 unspecified atom stereocenters. The molecule has 0 aliphatic heterocycles. The van der Waals surface area contributed by atoms with Crippen molar-refractivity contribution in [2.45, 2.75) is 19.5 Å². The van der Waals surface area contributed by atoms with E-state index < -0.39 is 35.8 Å². The summed E-state index contributed by atoms with van der Waals surface area (Å²) in [5.41, 5.74) is -0.736. The average molecular weight is 279 g/mol. The van der Waals surface area contributed by atoms with Crippen LogP contribution in [0.2, 0.25) is 0 Å². The Morgan fingerprint density at radius 3 is 2.47 bits per heavy atom. The quantitative estimate of drug-likeness (QED) is 0.861. The van der Waals surface area contributed by atoms with Gasteiger partial charge in [0, 0.05) is 6.54 Å². The van der Waals surface area contributed by atoms with E-state index in [9.17, 15) is 27.5 Å². The second-order valence-corrected chi connectivity index (χ2v) is 3.98. The third-order valence-electron chi connectivity index (χ3n) is 2.36. The predicted octanol–water partition coefficient (Wildman–Crippen LogP) is 2.95. The van der Waals surface area contributed by atoms with Gasteiger partial charge in [-0.25, -0.2) is 4.39 Å². The van der Waals surface area contributed by atoms with E-state index in [1.54, 1.807) is 6.92 Å². The Hall–Kier alpha value is -1.79. The van der Waals surface area contributed by atoms with Gasteiger partial charge in [0.2, 0.25) is 0 Å². The second kappa shape index (κ2) is 5.90. The minimum atomic E-state index is -4.58. The Morgan fingerprint density at radius 2 is 2.00 bits per heavy atom. The molecule has 7 heteroatoms. The van der Waals surface area contributed by atoms with E-state index in [2.05, 4.69) is 0 Å². The van der Waals surface area contributed by atoms with E-state index >= 15 is 0 Å². The third kappa shape index (κ3) is 4.11. The summed E-state index contributed by atoms with van der Waals surface area (Å²) in [6, 6.07) is 3.12. The van der Waals surface area contributed by atoms with Crippen LogP contribution in [0.25, 0.3) is 0 Å². The highest BCUT2D eigenvalue weighted by Crippen LogP contribution is 2.24. The lowest BCUT2D eigenvalue weighted by atomic mass is 10.1. The molecule has 1 amide bonds. The standard InChI is InChI=1S/C12H13F4NO2/c1-2-6-17(7-12(14,15)16)11(19)10-8(13)4-3-5-9(10)18/h3-5,18H,2,6-7H2,1H3. The van der Waals surface area contributed by atoms with Crippen molar-refractivity contribution >= 4 is 5.91 Å². The molecule has 1 rings (SSSR count). The zero-order valence-corrected chi connectivity index (χ0v) is 10.2. The maximum absolute atomic E-state index is 13.4. The number of nitrogens with zero attached hydrogens (tertiary/aromatic N) is 1. The fraction of sp³-hybridized carbons (Fsp3) is 0.417. The lowest BCUT2D eigenvalue weighted by molar-refractivity contribution is -0.140. The first kappa shape index (κ1) is 15.3. The van der Waals surface area contributed by atoms with Crippen molar-refractivity contribution in [1.29, 1.82) is 0 Å². The van der Waals surface area contributed by atoms with Crippen LogP contribution in [-0.4, -0.2) is 35.2 Å². The second-order valence-electron chi connectivity index (χ2n) is 3.98. The Bertz CT molecular complexity index is 439. The van der Waals surface area contributed by atoms with Crippen molar-refractivity contribution in [1.82, 2.24) is 4.90 Å². The number of carbonyl (C=O) groups excluding carboxylic acids is 1. The summed E-state index contributed by atoms with van der Waals surface area (Å²) in [5.74, 6) is -2.89. The minimum Gasteiger partial charge on any atom is -0.507 e. The Morgan fingerprint density at radius 1 is 1.37 bits per heavy atom. The van der Waals surface area contributed by atoms with Gasteiger partial charge in [0.15, 0.2) is 0 Å². The summed E-state index contributed by atoms with van der Waals surface area (Å²) < 4.78 is 50.5. The number of benzene rings is 1. The van der Waals surface area contributed by atoms with Crippen molar-refractivity contribution in [2.24, 2.45) is 0 Å². The first-order valence-electron chi connectivity index (χ1n) is 5.59. The zero-order chi connectivity index (χ0) is 14.6. The van der Waals surface area contributed by atoms with Gasteiger partial charge < -0.3 is 10.0 Å². The van der Waals surface area contributed by atoms with Gasteiger partial charge in [-0.05, 0) is 18.6 Å². The summed E-state index contributed by atoms with van der Waals surface area (Å²) in [6.07, 6.45) is -4.29. The smallest absolute Gasteiger partial charge is 0.406 e. The first-order chi connectivity index (χ1) is 8.76. The fourth-order valence-electron chi connectivity index (χ4n) is 1.62. The van der Waals surface area contributed by atoms with Crippen LogP contribution in [0.3, 0.4) is 0 Å². The summed E-state index contributed by atoms with van der Waals surface area (Å²) >= 11 is 0. The Balaban J connectivity index is 3.06. The van der Waals surface area contributed by atoms with E-state index in [4.69, 9.17) is 0 Å². The van der Waals surface area contributed by atoms with E-state index in [0.29, 0.717) is 4.90 Å². The molecule has 1 aromatic rings. The van der Waals surface area contributed by atoms with Gasteiger partial charge >= 0.3 is 6.18 Å². The molecular formula is C12H13F4NO2. The van der Waals surface area contributed by atoms with Crippen LogP contribution in [-0.2, 0) is 0 Å². The molecule has 0 saturated heterocycles. The molecule has 0 atom stereocenters. The Labute approximate surface area is 107 Å². The lowest BCUT2D eigenvalue weighted by Gasteiger charge is -2.23. The zero-order valence-electron chi connectivity index (χ0n) is 10.2. The van der Waals surface area contributed by atoms with Crippen LogP contribution >= 0.6 is 0 Å². The predicted molar refractivity (Wildman–Crippen MR) is 60.3 cm³/mol. The molecule has 1 N–H and O–H groups in total. The van der Waals surface area contributed by atoms with Crippen LogP contribution in [0, 0.1) is 5.82 Å². The highest BCUT2D eigenvalue weighted by Gasteiger charge is 2.34. The van der Waals surface area contributed by atoms with Crippen molar-refractivity contribution < 1.29 is 27.5 Å². The van der Waals surface area contributed by atoms with Crippen molar-refractivity contribution in [3.63, 3.8) is 0 Å². The molecule has 0 fully saturated rings. The highest BCUT2D eigenvalue weighted by atomic mass is 19.4. The Kier molecular flexibility index (Phi) is 4.74. The third-order valence-corrected chi connectivity index (χ3v) is 2.36. The number of halogens is 4. The summed E-state index contributed by atoms with van der Waals surface area (Å²) in [7, 11) is 0. The van der Waals surface area contributed by atoms with Crippen LogP contribution in [0.5, 0.6) is 5.75 Å². The molecule has 0 saturated carbocycles. The molecular weight excluding hydrogens is 266 g/mol. The molecule has 0 heterocycles. The van der Waals surface area contributed by atoms with E-state index in [-0.39, 0.29) is 13.0 Å². The van der Waals surface area contributed by atoms with Gasteiger partial charge in [-0.3, -0.25) is 4.79 Å². The fourth-order valence-corrected chi connectivity index (χ4v) is 1.62. The number of rotatable bonds is 4. The van der Waals surface area contributed by atoms with E-state index in [0.717, 1.165) is 18.2 Å². The topological polar surface area (TPSA) is 40.5 Å². The number of phenols is 1. The van der Waals surface area contributed by atoms with E-state index in [1.807, 2.05) is 0 Å². The molecule has 106 valence electrons. The van der Waals surface area contributed by atoms with Gasteiger partial charge in [0.05, 0.1) is 0 Å². The maximum atomic E-state index is 13.4. The van der Waals surface area contributed by atoms with E-state index in [1.165, 1.54) is 0 Å². The summed E-state index contributed by atoms with van der Waals surface area (Å²) in [4.78, 5) is 12.4. The SMILES string of the molecule is CCCN(CC(F)(F)F)C(=O)c1c(O)cccc1F. The lowest BCUT2D eigenvalue weighted by Crippen LogP contribution is -2.39. The number of amides is 1. The minimum absolute atomic E-state index is 0.174. The molecule has 0 bridgehead atoms.